The van der Waals surface area contributed by atoms with Crippen LogP contribution < -0.4 is 15.8 Å². The molecule has 0 unspecified atom stereocenters. The fraction of sp³-hybridized carbons (Fsp3) is 0.263. The summed E-state index contributed by atoms with van der Waals surface area (Å²) in [4.78, 5) is 2.34. The van der Waals surface area contributed by atoms with Gasteiger partial charge in [-0.1, -0.05) is 98.8 Å². The Morgan fingerprint density at radius 2 is 0.846 bits per heavy atom. The molecule has 65 heavy (non-hydrogen) atoms. The Morgan fingerprint density at radius 1 is 0.400 bits per heavy atom. The predicted octanol–water partition coefficient (Wildman–Crippen LogP) is 12.8. The van der Waals surface area contributed by atoms with Gasteiger partial charge in [0.15, 0.2) is 0 Å². The van der Waals surface area contributed by atoms with E-state index in [0.717, 1.165) is 28.0 Å². The van der Waals surface area contributed by atoms with Crippen molar-refractivity contribution in [2.75, 3.05) is 4.90 Å². The van der Waals surface area contributed by atoms with Crippen LogP contribution >= 0.6 is 0 Å². The Bertz CT molecular complexity index is 3040. The second-order valence-corrected chi connectivity index (χ2v) is 20.7. The molecule has 8 heteroatoms. The van der Waals surface area contributed by atoms with Crippen molar-refractivity contribution in [3.8, 4) is 27.9 Å². The van der Waals surface area contributed by atoms with E-state index in [2.05, 4.69) is 236 Å². The molecule has 0 atom stereocenters. The van der Waals surface area contributed by atoms with E-state index in [9.17, 15) is 0 Å². The molecule has 324 valence electrons. The Labute approximate surface area is 384 Å². The van der Waals surface area contributed by atoms with Crippen LogP contribution in [0, 0.1) is 0 Å². The zero-order chi connectivity index (χ0) is 45.3. The summed E-state index contributed by atoms with van der Waals surface area (Å²) in [7, 11) is -0.884. The van der Waals surface area contributed by atoms with Gasteiger partial charge in [0.1, 0.15) is 0 Å². The average Bonchev–Trinajstić information content (AvgIpc) is 3.90. The van der Waals surface area contributed by atoms with E-state index in [1.807, 2.05) is 0 Å². The van der Waals surface area contributed by atoms with Crippen molar-refractivity contribution in [1.29, 1.82) is 0 Å². The number of para-hydroxylation sites is 2. The minimum Gasteiger partial charge on any atom is -0.399 e. The van der Waals surface area contributed by atoms with E-state index in [1.54, 1.807) is 0 Å². The Hall–Kier alpha value is -5.89. The predicted molar refractivity (Wildman–Crippen MR) is 270 cm³/mol. The highest BCUT2D eigenvalue weighted by atomic mass is 16.7. The maximum atomic E-state index is 6.44. The summed E-state index contributed by atoms with van der Waals surface area (Å²) >= 11 is 0. The van der Waals surface area contributed by atoms with Gasteiger partial charge in [-0.3, -0.25) is 0 Å². The quantitative estimate of drug-likeness (QED) is 0.149. The summed E-state index contributed by atoms with van der Waals surface area (Å²) in [5.41, 5.74) is 14.4. The Kier molecular flexibility index (Phi) is 9.36. The van der Waals surface area contributed by atoms with E-state index in [4.69, 9.17) is 18.6 Å². The Balaban J connectivity index is 0.959. The van der Waals surface area contributed by atoms with Gasteiger partial charge in [-0.05, 0) is 172 Å². The van der Waals surface area contributed by atoms with Gasteiger partial charge in [0.05, 0.1) is 33.4 Å². The second kappa shape index (κ2) is 14.6. The number of anilines is 3. The van der Waals surface area contributed by atoms with Gasteiger partial charge in [-0.25, -0.2) is 0 Å². The molecule has 3 heterocycles. The topological polar surface area (TPSA) is 45.1 Å². The van der Waals surface area contributed by atoms with E-state index in [0.29, 0.717) is 0 Å². The molecule has 3 aliphatic rings. The van der Waals surface area contributed by atoms with Crippen LogP contribution in [0.1, 0.15) is 80.4 Å². The highest BCUT2D eigenvalue weighted by Gasteiger charge is 2.53. The summed E-state index contributed by atoms with van der Waals surface area (Å²) in [6.45, 7) is 21.5. The molecule has 11 rings (SSSR count). The van der Waals surface area contributed by atoms with Gasteiger partial charge >= 0.3 is 14.2 Å². The first-order valence-corrected chi connectivity index (χ1v) is 23.0. The lowest BCUT2D eigenvalue weighted by Gasteiger charge is -2.32. The van der Waals surface area contributed by atoms with Gasteiger partial charge in [0.25, 0.3) is 0 Å². The molecule has 1 aromatic heterocycles. The highest BCUT2D eigenvalue weighted by Crippen LogP contribution is 2.52. The van der Waals surface area contributed by atoms with Crippen LogP contribution in [0.4, 0.5) is 17.1 Å². The van der Waals surface area contributed by atoms with Crippen LogP contribution in [-0.4, -0.2) is 41.2 Å². The lowest BCUT2D eigenvalue weighted by molar-refractivity contribution is 0.00578. The standard InChI is InChI=1S/C57H56B2N2O4/c1-53(2)49-35-38(37-21-33-52-48(34-37)47-18-14-15-19-51(47)61(52)41-16-12-11-13-17-41)20-31-45(49)46-32-30-44(36-50(46)53)60(42-26-22-39(23-27-42)58-62-54(3,4)55(5,6)63-58)43-28-24-40(25-29-43)59-64-56(7,8)57(9,10)65-59/h11-36H,1-10H3. The zero-order valence-electron chi connectivity index (χ0n) is 39.2. The van der Waals surface area contributed by atoms with Gasteiger partial charge < -0.3 is 28.1 Å². The van der Waals surface area contributed by atoms with Crippen molar-refractivity contribution >= 4 is 64.0 Å². The lowest BCUT2D eigenvalue weighted by atomic mass is 9.79. The number of hydrogen-bond donors (Lipinski definition) is 0. The van der Waals surface area contributed by atoms with Crippen molar-refractivity contribution in [2.24, 2.45) is 0 Å². The third-order valence-electron chi connectivity index (χ3n) is 15.3. The van der Waals surface area contributed by atoms with Crippen LogP contribution in [0.25, 0.3) is 49.7 Å². The smallest absolute Gasteiger partial charge is 0.399 e. The van der Waals surface area contributed by atoms with Crippen LogP contribution in [0.3, 0.4) is 0 Å². The van der Waals surface area contributed by atoms with Crippen molar-refractivity contribution in [1.82, 2.24) is 4.57 Å². The molecule has 0 radical (unpaired) electrons. The third-order valence-corrected chi connectivity index (χ3v) is 15.3. The third kappa shape index (κ3) is 6.63. The molecular weight excluding hydrogens is 798 g/mol. The number of rotatable bonds is 7. The first-order valence-electron chi connectivity index (χ1n) is 23.0. The van der Waals surface area contributed by atoms with Crippen LogP contribution in [-0.2, 0) is 24.0 Å². The fourth-order valence-electron chi connectivity index (χ4n) is 10.0. The van der Waals surface area contributed by atoms with Gasteiger partial charge in [0.2, 0.25) is 0 Å². The van der Waals surface area contributed by atoms with Crippen LogP contribution in [0.15, 0.2) is 158 Å². The van der Waals surface area contributed by atoms with Gasteiger partial charge in [-0.15, -0.1) is 0 Å². The van der Waals surface area contributed by atoms with E-state index >= 15 is 0 Å². The van der Waals surface area contributed by atoms with Crippen molar-refractivity contribution in [3.63, 3.8) is 0 Å². The molecule has 2 fully saturated rings. The van der Waals surface area contributed by atoms with Crippen LogP contribution in [0.5, 0.6) is 0 Å². The van der Waals surface area contributed by atoms with E-state index in [-0.39, 0.29) is 5.41 Å². The van der Waals surface area contributed by atoms with Gasteiger partial charge in [0, 0.05) is 38.9 Å². The van der Waals surface area contributed by atoms with E-state index in [1.165, 1.54) is 60.9 Å². The molecule has 7 aromatic carbocycles. The zero-order valence-corrected chi connectivity index (χ0v) is 39.2. The molecule has 0 bridgehead atoms. The molecule has 1 aliphatic carbocycles. The van der Waals surface area contributed by atoms with Crippen molar-refractivity contribution < 1.29 is 18.6 Å². The number of benzene rings is 7. The number of aromatic nitrogens is 1. The van der Waals surface area contributed by atoms with Crippen molar-refractivity contribution in [2.45, 2.75) is 97.1 Å². The summed E-state index contributed by atoms with van der Waals surface area (Å²) in [5.74, 6) is 0. The molecule has 2 saturated heterocycles. The minimum atomic E-state index is -0.442. The molecule has 8 aromatic rings. The summed E-state index contributed by atoms with van der Waals surface area (Å²) in [5, 5.41) is 2.51. The summed E-state index contributed by atoms with van der Waals surface area (Å²) in [6, 6.07) is 57.6. The molecule has 2 aliphatic heterocycles. The first kappa shape index (κ1) is 41.8. The minimum absolute atomic E-state index is 0.253. The SMILES string of the molecule is CC1(C)c2cc(-c3ccc4c(c3)c3ccccc3n4-c3ccccc3)ccc2-c2ccc(N(c3ccc(B4OC(C)(C)C(C)(C)O4)cc3)c3ccc(B4OC(C)(C)C(C)(C)O4)cc3)cc21. The molecule has 0 saturated carbocycles. The largest absolute Gasteiger partial charge is 0.494 e. The Morgan fingerprint density at radius 3 is 1.42 bits per heavy atom. The molecule has 0 spiro atoms. The number of hydrogen-bond acceptors (Lipinski definition) is 5. The normalized spacial score (nSPS) is 18.6. The average molecular weight is 855 g/mol. The molecule has 0 N–H and O–H groups in total. The fourth-order valence-corrected chi connectivity index (χ4v) is 10.0. The second-order valence-electron chi connectivity index (χ2n) is 20.7. The number of nitrogens with zero attached hydrogens (tertiary/aromatic N) is 2. The first-order chi connectivity index (χ1) is 30.9. The molecule has 0 amide bonds. The summed E-state index contributed by atoms with van der Waals surface area (Å²) < 4.78 is 28.2. The van der Waals surface area contributed by atoms with Crippen molar-refractivity contribution in [3.05, 3.63) is 169 Å². The molecular formula is C57H56B2N2O4. The lowest BCUT2D eigenvalue weighted by Crippen LogP contribution is -2.41. The maximum Gasteiger partial charge on any atom is 0.494 e. The number of fused-ring (bicyclic) bond motifs is 6. The summed E-state index contributed by atoms with van der Waals surface area (Å²) in [6.07, 6.45) is 0. The molecule has 6 nitrogen and oxygen atoms in total. The van der Waals surface area contributed by atoms with Gasteiger partial charge in [-0.2, -0.15) is 0 Å². The monoisotopic (exact) mass is 854 g/mol. The van der Waals surface area contributed by atoms with E-state index < -0.39 is 36.6 Å². The maximum absolute atomic E-state index is 6.44. The van der Waals surface area contributed by atoms with Crippen LogP contribution in [0.2, 0.25) is 0 Å². The highest BCUT2D eigenvalue weighted by molar-refractivity contribution is 6.62.